The lowest BCUT2D eigenvalue weighted by molar-refractivity contribution is -0.129. The molecule has 0 aliphatic carbocycles. The number of furan rings is 2. The fourth-order valence-corrected chi connectivity index (χ4v) is 3.44. The number of hydrogen-bond donors (Lipinski definition) is 1. The average molecular weight is 447 g/mol. The molecule has 0 unspecified atom stereocenters. The van der Waals surface area contributed by atoms with Crippen molar-refractivity contribution in [3.8, 4) is 11.3 Å². The van der Waals surface area contributed by atoms with Gasteiger partial charge in [0.25, 0.3) is 11.8 Å². The van der Waals surface area contributed by atoms with Crippen molar-refractivity contribution in [2.24, 2.45) is 0 Å². The largest absolute Gasteiger partial charge is 0.467 e. The molecule has 0 bridgehead atoms. The summed E-state index contributed by atoms with van der Waals surface area (Å²) >= 11 is 17.4. The number of thiocarbonyl (C=S) groups is 1. The first kappa shape index (κ1) is 19.4. The molecule has 1 N–H and O–H groups in total. The summed E-state index contributed by atoms with van der Waals surface area (Å²) in [5.74, 6) is 0.145. The Bertz CT molecular complexity index is 1150. The van der Waals surface area contributed by atoms with Crippen molar-refractivity contribution >= 4 is 58.4 Å². The van der Waals surface area contributed by atoms with Crippen molar-refractivity contribution in [2.45, 2.75) is 6.54 Å². The Morgan fingerprint density at radius 1 is 1.10 bits per heavy atom. The maximum absolute atomic E-state index is 12.8. The van der Waals surface area contributed by atoms with Crippen LogP contribution >= 0.6 is 35.4 Å². The first-order chi connectivity index (χ1) is 13.9. The highest BCUT2D eigenvalue weighted by Gasteiger charge is 2.34. The number of rotatable bonds is 4. The topological polar surface area (TPSA) is 75.7 Å². The molecule has 1 fully saturated rings. The standard InChI is InChI=1S/C20H12Cl2N2O4S/c21-15-5-1-4-13(17(15)22)16-7-6-11(28-16)9-14-18(25)23-20(29)24(19(14)26)10-12-3-2-8-27-12/h1-9H,10H2,(H,23,25,29)/b14-9-. The van der Waals surface area contributed by atoms with Gasteiger partial charge in [0.2, 0.25) is 0 Å². The number of hydrogen-bond acceptors (Lipinski definition) is 5. The average Bonchev–Trinajstić information content (AvgIpc) is 3.36. The predicted octanol–water partition coefficient (Wildman–Crippen LogP) is 4.67. The molecule has 3 aromatic rings. The van der Waals surface area contributed by atoms with Gasteiger partial charge in [0.05, 0.1) is 22.9 Å². The number of nitrogens with one attached hydrogen (secondary N) is 1. The van der Waals surface area contributed by atoms with Crippen LogP contribution in [0.15, 0.2) is 63.1 Å². The molecule has 2 aromatic heterocycles. The molecule has 1 aliphatic rings. The van der Waals surface area contributed by atoms with Crippen LogP contribution in [0.5, 0.6) is 0 Å². The zero-order chi connectivity index (χ0) is 20.5. The smallest absolute Gasteiger partial charge is 0.266 e. The monoisotopic (exact) mass is 446 g/mol. The highest BCUT2D eigenvalue weighted by atomic mass is 35.5. The Kier molecular flexibility index (Phi) is 5.27. The van der Waals surface area contributed by atoms with Crippen LogP contribution in [0, 0.1) is 0 Å². The van der Waals surface area contributed by atoms with E-state index in [4.69, 9.17) is 44.3 Å². The van der Waals surface area contributed by atoms with Crippen LogP contribution in [0.3, 0.4) is 0 Å². The van der Waals surface area contributed by atoms with Crippen LogP contribution in [-0.2, 0) is 16.1 Å². The highest BCUT2D eigenvalue weighted by molar-refractivity contribution is 7.80. The molecule has 0 radical (unpaired) electrons. The minimum Gasteiger partial charge on any atom is -0.467 e. The van der Waals surface area contributed by atoms with Gasteiger partial charge in [-0.1, -0.05) is 29.3 Å². The Labute approximate surface area is 180 Å². The van der Waals surface area contributed by atoms with Crippen molar-refractivity contribution in [3.05, 3.63) is 75.9 Å². The van der Waals surface area contributed by atoms with Gasteiger partial charge in [-0.25, -0.2) is 0 Å². The van der Waals surface area contributed by atoms with Crippen molar-refractivity contribution < 1.29 is 18.4 Å². The first-order valence-corrected chi connectivity index (χ1v) is 9.56. The number of benzene rings is 1. The zero-order valence-electron chi connectivity index (χ0n) is 14.6. The number of carbonyl (C=O) groups is 2. The zero-order valence-corrected chi connectivity index (χ0v) is 17.0. The minimum atomic E-state index is -0.602. The summed E-state index contributed by atoms with van der Waals surface area (Å²) in [4.78, 5) is 26.4. The second kappa shape index (κ2) is 7.87. The molecule has 29 heavy (non-hydrogen) atoms. The second-order valence-corrected chi connectivity index (χ2v) is 7.26. The molecule has 1 aromatic carbocycles. The Hall–Kier alpha value is -2.87. The molecular formula is C20H12Cl2N2O4S. The number of nitrogens with zero attached hydrogens (tertiary/aromatic N) is 1. The quantitative estimate of drug-likeness (QED) is 0.357. The molecule has 1 aliphatic heterocycles. The van der Waals surface area contributed by atoms with Gasteiger partial charge < -0.3 is 8.83 Å². The van der Waals surface area contributed by atoms with Crippen LogP contribution in [-0.4, -0.2) is 21.8 Å². The van der Waals surface area contributed by atoms with Crippen LogP contribution in [0.4, 0.5) is 0 Å². The van der Waals surface area contributed by atoms with E-state index in [-0.39, 0.29) is 17.2 Å². The van der Waals surface area contributed by atoms with E-state index in [1.54, 1.807) is 42.5 Å². The van der Waals surface area contributed by atoms with Gasteiger partial charge in [-0.15, -0.1) is 0 Å². The first-order valence-electron chi connectivity index (χ1n) is 8.39. The molecule has 1 saturated heterocycles. The van der Waals surface area contributed by atoms with Gasteiger partial charge in [0.1, 0.15) is 22.9 Å². The van der Waals surface area contributed by atoms with Crippen molar-refractivity contribution in [2.75, 3.05) is 0 Å². The van der Waals surface area contributed by atoms with E-state index in [1.165, 1.54) is 17.2 Å². The SMILES string of the molecule is O=C1NC(=S)N(Cc2ccco2)C(=O)/C1=C\c1ccc(-c2cccc(Cl)c2Cl)o1. The second-order valence-electron chi connectivity index (χ2n) is 6.09. The van der Waals surface area contributed by atoms with Crippen molar-refractivity contribution in [3.63, 3.8) is 0 Å². The van der Waals surface area contributed by atoms with E-state index in [0.29, 0.717) is 32.9 Å². The maximum atomic E-state index is 12.8. The lowest BCUT2D eigenvalue weighted by Gasteiger charge is -2.27. The van der Waals surface area contributed by atoms with E-state index in [2.05, 4.69) is 5.32 Å². The molecule has 2 amide bonds. The van der Waals surface area contributed by atoms with Gasteiger partial charge in [-0.3, -0.25) is 19.8 Å². The maximum Gasteiger partial charge on any atom is 0.266 e. The Balaban J connectivity index is 1.64. The van der Waals surface area contributed by atoms with Gasteiger partial charge in [0.15, 0.2) is 5.11 Å². The molecular weight excluding hydrogens is 435 g/mol. The van der Waals surface area contributed by atoms with E-state index in [1.807, 2.05) is 0 Å². The van der Waals surface area contributed by atoms with E-state index >= 15 is 0 Å². The van der Waals surface area contributed by atoms with Crippen molar-refractivity contribution in [1.29, 1.82) is 0 Å². The Morgan fingerprint density at radius 2 is 1.93 bits per heavy atom. The number of carbonyl (C=O) groups excluding carboxylic acids is 2. The van der Waals surface area contributed by atoms with E-state index in [9.17, 15) is 9.59 Å². The molecule has 3 heterocycles. The Morgan fingerprint density at radius 3 is 2.69 bits per heavy atom. The fourth-order valence-electron chi connectivity index (χ4n) is 2.81. The van der Waals surface area contributed by atoms with E-state index < -0.39 is 11.8 Å². The normalized spacial score (nSPS) is 15.9. The number of halogens is 2. The molecule has 0 atom stereocenters. The highest BCUT2D eigenvalue weighted by Crippen LogP contribution is 2.34. The summed E-state index contributed by atoms with van der Waals surface area (Å²) in [6, 6.07) is 11.9. The van der Waals surface area contributed by atoms with E-state index in [0.717, 1.165) is 0 Å². The summed E-state index contributed by atoms with van der Waals surface area (Å²) < 4.78 is 11.0. The summed E-state index contributed by atoms with van der Waals surface area (Å²) in [5.41, 5.74) is 0.493. The summed E-state index contributed by atoms with van der Waals surface area (Å²) in [5, 5.41) is 3.26. The molecule has 4 rings (SSSR count). The van der Waals surface area contributed by atoms with Gasteiger partial charge >= 0.3 is 0 Å². The van der Waals surface area contributed by atoms with Gasteiger partial charge in [-0.05, 0) is 54.7 Å². The summed E-state index contributed by atoms with van der Waals surface area (Å²) in [7, 11) is 0. The van der Waals surface area contributed by atoms with Gasteiger partial charge in [-0.2, -0.15) is 0 Å². The third-order valence-electron chi connectivity index (χ3n) is 4.21. The summed E-state index contributed by atoms with van der Waals surface area (Å²) in [6.07, 6.45) is 2.85. The molecule has 6 nitrogen and oxygen atoms in total. The minimum absolute atomic E-state index is 0.0133. The molecule has 0 spiro atoms. The number of amides is 2. The third-order valence-corrected chi connectivity index (χ3v) is 5.35. The van der Waals surface area contributed by atoms with Crippen LogP contribution in [0.25, 0.3) is 17.4 Å². The lowest BCUT2D eigenvalue weighted by Crippen LogP contribution is -2.53. The third kappa shape index (κ3) is 3.85. The molecule has 9 heteroatoms. The lowest BCUT2D eigenvalue weighted by atomic mass is 10.1. The molecule has 146 valence electrons. The fraction of sp³-hybridized carbons (Fsp3) is 0.0500. The van der Waals surface area contributed by atoms with Crippen LogP contribution in [0.2, 0.25) is 10.0 Å². The van der Waals surface area contributed by atoms with Crippen molar-refractivity contribution in [1.82, 2.24) is 10.2 Å². The van der Waals surface area contributed by atoms with Crippen LogP contribution < -0.4 is 5.32 Å². The summed E-state index contributed by atoms with van der Waals surface area (Å²) in [6.45, 7) is 0.101. The van der Waals surface area contributed by atoms with Gasteiger partial charge in [0, 0.05) is 5.56 Å². The predicted molar refractivity (Wildman–Crippen MR) is 112 cm³/mol. The molecule has 0 saturated carbocycles. The van der Waals surface area contributed by atoms with Crippen LogP contribution in [0.1, 0.15) is 11.5 Å².